The van der Waals surface area contributed by atoms with Crippen molar-refractivity contribution in [2.45, 2.75) is 110 Å². The Morgan fingerprint density at radius 1 is 0.775 bits per heavy atom. The van der Waals surface area contributed by atoms with Gasteiger partial charge in [0.15, 0.2) is 6.10 Å². The Morgan fingerprint density at radius 2 is 1.35 bits per heavy atom. The van der Waals surface area contributed by atoms with E-state index in [2.05, 4.69) is 47.9 Å². The first-order valence-electron chi connectivity index (χ1n) is 14.4. The lowest BCUT2D eigenvalue weighted by Crippen LogP contribution is -2.29. The number of phosphoric acid groups is 1. The van der Waals surface area contributed by atoms with Crippen LogP contribution in [-0.4, -0.2) is 65.7 Å². The fourth-order valence-corrected chi connectivity index (χ4v) is 4.13. The van der Waals surface area contributed by atoms with Crippen molar-refractivity contribution in [3.8, 4) is 0 Å². The van der Waals surface area contributed by atoms with Crippen LogP contribution in [0.5, 0.6) is 0 Å². The minimum absolute atomic E-state index is 0.119. The average molecular weight is 591 g/mol. The van der Waals surface area contributed by atoms with Crippen LogP contribution in [0.4, 0.5) is 0 Å². The number of hydrogen-bond acceptors (Lipinski definition) is 9. The molecule has 0 saturated carbocycles. The summed E-state index contributed by atoms with van der Waals surface area (Å²) in [7, 11) is -4.58. The van der Waals surface area contributed by atoms with Crippen molar-refractivity contribution in [3.63, 3.8) is 0 Å². The number of aliphatic hydroxyl groups excluding tert-OH is 2. The minimum atomic E-state index is -4.58. The number of esters is 2. The van der Waals surface area contributed by atoms with Crippen molar-refractivity contribution in [2.75, 3.05) is 26.4 Å². The summed E-state index contributed by atoms with van der Waals surface area (Å²) in [5, 5.41) is 18.0. The molecule has 3 unspecified atom stereocenters. The molecule has 0 aromatic carbocycles. The first kappa shape index (κ1) is 38.2. The van der Waals surface area contributed by atoms with E-state index in [9.17, 15) is 24.2 Å². The highest BCUT2D eigenvalue weighted by Gasteiger charge is 2.27. The number of phosphoric ester groups is 1. The van der Waals surface area contributed by atoms with Crippen LogP contribution in [0.15, 0.2) is 36.5 Å². The maximum absolute atomic E-state index is 12.3. The van der Waals surface area contributed by atoms with Gasteiger partial charge in [0.25, 0.3) is 0 Å². The van der Waals surface area contributed by atoms with Gasteiger partial charge in [-0.05, 0) is 38.5 Å². The Morgan fingerprint density at radius 3 is 1.98 bits per heavy atom. The number of allylic oxidation sites excluding steroid dienone is 6. The van der Waals surface area contributed by atoms with E-state index in [4.69, 9.17) is 19.1 Å². The van der Waals surface area contributed by atoms with E-state index in [-0.39, 0.29) is 19.4 Å². The van der Waals surface area contributed by atoms with Crippen LogP contribution in [0.25, 0.3) is 0 Å². The van der Waals surface area contributed by atoms with E-state index in [1.54, 1.807) is 6.92 Å². The van der Waals surface area contributed by atoms with E-state index < -0.39 is 51.8 Å². The quantitative estimate of drug-likeness (QED) is 0.0495. The number of carbonyl (C=O) groups is 2. The molecule has 0 radical (unpaired) electrons. The molecule has 0 spiro atoms. The van der Waals surface area contributed by atoms with Crippen molar-refractivity contribution in [2.24, 2.45) is 0 Å². The molecule has 0 aliphatic heterocycles. The van der Waals surface area contributed by atoms with Gasteiger partial charge in [-0.25, -0.2) is 4.57 Å². The molecule has 0 heterocycles. The molecule has 0 fully saturated rings. The van der Waals surface area contributed by atoms with Crippen molar-refractivity contribution in [1.29, 1.82) is 0 Å². The molecule has 3 atom stereocenters. The van der Waals surface area contributed by atoms with Gasteiger partial charge < -0.3 is 24.6 Å². The molecule has 3 N–H and O–H groups in total. The average Bonchev–Trinajstić information content (AvgIpc) is 2.94. The summed E-state index contributed by atoms with van der Waals surface area (Å²) in [6.07, 6.45) is 22.4. The molecule has 40 heavy (non-hydrogen) atoms. The molecule has 0 aromatic rings. The van der Waals surface area contributed by atoms with E-state index in [0.717, 1.165) is 51.4 Å². The highest BCUT2D eigenvalue weighted by Crippen LogP contribution is 2.43. The molecule has 10 nitrogen and oxygen atoms in total. The second-order valence-corrected chi connectivity index (χ2v) is 10.8. The topological polar surface area (TPSA) is 149 Å². The minimum Gasteiger partial charge on any atom is -0.462 e. The first-order chi connectivity index (χ1) is 19.2. The van der Waals surface area contributed by atoms with Gasteiger partial charge in [-0.2, -0.15) is 0 Å². The van der Waals surface area contributed by atoms with Crippen molar-refractivity contribution < 1.29 is 47.8 Å². The molecule has 232 valence electrons. The summed E-state index contributed by atoms with van der Waals surface area (Å²) in [4.78, 5) is 33.4. The smallest absolute Gasteiger partial charge is 0.462 e. The van der Waals surface area contributed by atoms with E-state index in [0.29, 0.717) is 6.42 Å². The zero-order valence-electron chi connectivity index (χ0n) is 24.3. The van der Waals surface area contributed by atoms with Crippen molar-refractivity contribution >= 4 is 19.8 Å². The number of rotatable bonds is 26. The highest BCUT2D eigenvalue weighted by atomic mass is 31.2. The Kier molecular flexibility index (Phi) is 24.9. The summed E-state index contributed by atoms with van der Waals surface area (Å²) in [5.74, 6) is -1.04. The molecule has 0 aliphatic carbocycles. The second-order valence-electron chi connectivity index (χ2n) is 9.35. The van der Waals surface area contributed by atoms with Gasteiger partial charge in [0.05, 0.1) is 19.8 Å². The summed E-state index contributed by atoms with van der Waals surface area (Å²) < 4.78 is 31.6. The predicted molar refractivity (Wildman–Crippen MR) is 154 cm³/mol. The maximum atomic E-state index is 12.3. The number of ether oxygens (including phenoxy) is 2. The van der Waals surface area contributed by atoms with E-state index in [1.165, 1.54) is 12.8 Å². The van der Waals surface area contributed by atoms with Gasteiger partial charge in [-0.1, -0.05) is 82.4 Å². The zero-order chi connectivity index (χ0) is 29.9. The largest absolute Gasteiger partial charge is 0.472 e. The Hall–Kier alpha value is -1.81. The van der Waals surface area contributed by atoms with Crippen molar-refractivity contribution in [3.05, 3.63) is 36.5 Å². The third-order valence-electron chi connectivity index (χ3n) is 5.61. The predicted octanol–water partition coefficient (Wildman–Crippen LogP) is 5.71. The lowest BCUT2D eigenvalue weighted by atomic mass is 10.1. The number of unbranched alkanes of at least 4 members (excludes halogenated alkanes) is 7. The first-order valence-corrected chi connectivity index (χ1v) is 15.9. The lowest BCUT2D eigenvalue weighted by Gasteiger charge is -2.20. The fourth-order valence-electron chi connectivity index (χ4n) is 3.34. The molecule has 0 aliphatic rings. The standard InChI is InChI=1S/C29H51O10P/c1-3-5-6-7-8-9-10-11-12-13-14-15-16-17-18-19-20-21-29(33)39-27(24-36-28(32)4-2)25-38-40(34,35)37-23-26(31)22-30/h5-6,8-9,11-12,26-27,30-31H,3-4,7,10,13-25H2,1-2H3,(H,34,35)/b6-5-,9-8-,12-11-. The van der Waals surface area contributed by atoms with Crippen LogP contribution in [0.2, 0.25) is 0 Å². The highest BCUT2D eigenvalue weighted by molar-refractivity contribution is 7.47. The Labute approximate surface area is 240 Å². The molecule has 0 saturated heterocycles. The van der Waals surface area contributed by atoms with Gasteiger partial charge >= 0.3 is 19.8 Å². The summed E-state index contributed by atoms with van der Waals surface area (Å²) in [5.41, 5.74) is 0. The van der Waals surface area contributed by atoms with Crippen LogP contribution in [0.3, 0.4) is 0 Å². The van der Waals surface area contributed by atoms with Crippen LogP contribution in [0, 0.1) is 0 Å². The molecule has 0 amide bonds. The third kappa shape index (κ3) is 25.2. The normalized spacial score (nSPS) is 15.0. The number of carbonyl (C=O) groups excluding carboxylic acids is 2. The van der Waals surface area contributed by atoms with Crippen LogP contribution < -0.4 is 0 Å². The zero-order valence-corrected chi connectivity index (χ0v) is 25.2. The monoisotopic (exact) mass is 590 g/mol. The van der Waals surface area contributed by atoms with E-state index >= 15 is 0 Å². The molecule has 0 aromatic heterocycles. The van der Waals surface area contributed by atoms with Gasteiger partial charge in [0, 0.05) is 12.8 Å². The van der Waals surface area contributed by atoms with Gasteiger partial charge in [-0.3, -0.25) is 18.6 Å². The van der Waals surface area contributed by atoms with Crippen molar-refractivity contribution in [1.82, 2.24) is 0 Å². The molecule has 0 bridgehead atoms. The van der Waals surface area contributed by atoms with Gasteiger partial charge in [0.2, 0.25) is 0 Å². The number of hydrogen-bond donors (Lipinski definition) is 3. The fraction of sp³-hybridized carbons (Fsp3) is 0.724. The van der Waals surface area contributed by atoms with E-state index in [1.807, 2.05) is 0 Å². The summed E-state index contributed by atoms with van der Waals surface area (Å²) in [6.45, 7) is 1.59. The van der Waals surface area contributed by atoms with Crippen LogP contribution in [-0.2, 0) is 32.7 Å². The molecular formula is C29H51O10P. The summed E-state index contributed by atoms with van der Waals surface area (Å²) >= 11 is 0. The van der Waals surface area contributed by atoms with Gasteiger partial charge in [-0.15, -0.1) is 0 Å². The van der Waals surface area contributed by atoms with Crippen LogP contribution in [0.1, 0.15) is 97.3 Å². The lowest BCUT2D eigenvalue weighted by molar-refractivity contribution is -0.161. The second kappa shape index (κ2) is 26.1. The Balaban J connectivity index is 4.08. The Bertz CT molecular complexity index is 781. The third-order valence-corrected chi connectivity index (χ3v) is 6.56. The molecular weight excluding hydrogens is 539 g/mol. The van der Waals surface area contributed by atoms with Gasteiger partial charge in [0.1, 0.15) is 12.7 Å². The van der Waals surface area contributed by atoms with Crippen LogP contribution >= 0.6 is 7.82 Å². The molecule has 0 rings (SSSR count). The summed E-state index contributed by atoms with van der Waals surface area (Å²) in [6, 6.07) is 0. The molecule has 11 heteroatoms. The SMILES string of the molecule is CC/C=C\C/C=C\C/C=C\CCCCCCCCCC(=O)OC(COC(=O)CC)COP(=O)(O)OCC(O)CO. The maximum Gasteiger partial charge on any atom is 0.472 e. The number of aliphatic hydroxyl groups is 2.